The molecule has 2 rings (SSSR count). The van der Waals surface area contributed by atoms with Gasteiger partial charge in [0.05, 0.1) is 9.89 Å². The second-order valence-electron chi connectivity index (χ2n) is 4.58. The second-order valence-corrected chi connectivity index (χ2v) is 5.44. The molecule has 0 aliphatic rings. The molecule has 0 spiro atoms. The first-order chi connectivity index (χ1) is 9.14. The molecule has 0 aliphatic carbocycles. The van der Waals surface area contributed by atoms with Crippen LogP contribution in [0.4, 0.5) is 5.82 Å². The molecular weight excluding hydrogens is 302 g/mol. The van der Waals surface area contributed by atoms with E-state index in [0.29, 0.717) is 5.82 Å². The molecule has 4 heteroatoms. The Balaban J connectivity index is 2.59. The molecule has 2 N–H and O–H groups in total. The van der Waals surface area contributed by atoms with Crippen molar-refractivity contribution in [3.8, 4) is 0 Å². The van der Waals surface area contributed by atoms with Gasteiger partial charge in [0.25, 0.3) is 0 Å². The topological polar surface area (TPSA) is 51.8 Å². The first-order valence-electron chi connectivity index (χ1n) is 6.48. The van der Waals surface area contributed by atoms with E-state index in [2.05, 4.69) is 64.0 Å². The number of halogens is 1. The van der Waals surface area contributed by atoms with Crippen LogP contribution >= 0.6 is 15.9 Å². The van der Waals surface area contributed by atoms with Crippen LogP contribution in [0.5, 0.6) is 0 Å². The average molecular weight is 320 g/mol. The van der Waals surface area contributed by atoms with Crippen LogP contribution in [0.15, 0.2) is 41.0 Å². The lowest BCUT2D eigenvalue weighted by Crippen LogP contribution is -2.29. The molecule has 0 saturated carbocycles. The summed E-state index contributed by atoms with van der Waals surface area (Å²) in [6.07, 6.45) is 3.61. The minimum absolute atomic E-state index is 0.171. The Morgan fingerprint density at radius 2 is 1.79 bits per heavy atom. The summed E-state index contributed by atoms with van der Waals surface area (Å²) in [5, 5.41) is 0. The van der Waals surface area contributed by atoms with Crippen molar-refractivity contribution in [3.05, 3.63) is 52.4 Å². The number of hydrogen-bond acceptors (Lipinski definition) is 3. The fourth-order valence-corrected chi connectivity index (χ4v) is 2.66. The minimum Gasteiger partial charge on any atom is -0.383 e. The molecule has 1 aromatic carbocycles. The largest absolute Gasteiger partial charge is 0.383 e. The molecule has 0 fully saturated rings. The standard InChI is InChI=1S/C15H18BrN3/c1-3-15(4-2,11-8-6-5-7-9-11)14-18-10-12(16)13(17)19-14/h5-10H,3-4H2,1-2H3,(H2,17,18,19). The third-order valence-electron chi connectivity index (χ3n) is 3.73. The summed E-state index contributed by atoms with van der Waals surface area (Å²) in [5.41, 5.74) is 6.97. The lowest BCUT2D eigenvalue weighted by molar-refractivity contribution is 0.449. The van der Waals surface area contributed by atoms with E-state index in [1.54, 1.807) is 6.20 Å². The fraction of sp³-hybridized carbons (Fsp3) is 0.333. The first kappa shape index (κ1) is 14.0. The predicted octanol–water partition coefficient (Wildman–Crippen LogP) is 3.93. The maximum Gasteiger partial charge on any atom is 0.141 e. The molecule has 0 saturated heterocycles. The van der Waals surface area contributed by atoms with Gasteiger partial charge < -0.3 is 5.73 Å². The van der Waals surface area contributed by atoms with Crippen LogP contribution < -0.4 is 5.73 Å². The normalized spacial score (nSPS) is 11.5. The Labute approximate surface area is 122 Å². The van der Waals surface area contributed by atoms with Crippen molar-refractivity contribution >= 4 is 21.7 Å². The number of anilines is 1. The van der Waals surface area contributed by atoms with Gasteiger partial charge in [-0.25, -0.2) is 9.97 Å². The zero-order valence-corrected chi connectivity index (χ0v) is 12.8. The average Bonchev–Trinajstić information content (AvgIpc) is 2.46. The Morgan fingerprint density at radius 1 is 1.16 bits per heavy atom. The van der Waals surface area contributed by atoms with Crippen LogP contribution in [0, 0.1) is 0 Å². The summed E-state index contributed by atoms with van der Waals surface area (Å²) in [4.78, 5) is 8.97. The molecule has 2 aromatic rings. The van der Waals surface area contributed by atoms with Gasteiger partial charge in [0, 0.05) is 6.20 Å². The molecule has 1 heterocycles. The highest BCUT2D eigenvalue weighted by atomic mass is 79.9. The van der Waals surface area contributed by atoms with E-state index in [1.807, 2.05) is 6.07 Å². The van der Waals surface area contributed by atoms with Gasteiger partial charge in [-0.15, -0.1) is 0 Å². The number of benzene rings is 1. The van der Waals surface area contributed by atoms with E-state index in [9.17, 15) is 0 Å². The summed E-state index contributed by atoms with van der Waals surface area (Å²) < 4.78 is 0.741. The van der Waals surface area contributed by atoms with Gasteiger partial charge in [-0.3, -0.25) is 0 Å². The van der Waals surface area contributed by atoms with Crippen LogP contribution in [-0.4, -0.2) is 9.97 Å². The maximum atomic E-state index is 5.91. The van der Waals surface area contributed by atoms with Gasteiger partial charge in [-0.05, 0) is 34.3 Å². The number of rotatable bonds is 4. The summed E-state index contributed by atoms with van der Waals surface area (Å²) in [6, 6.07) is 10.4. The number of nitrogen functional groups attached to an aromatic ring is 1. The summed E-state index contributed by atoms with van der Waals surface area (Å²) in [6.45, 7) is 4.33. The lowest BCUT2D eigenvalue weighted by atomic mass is 9.75. The molecule has 0 amide bonds. The Hall–Kier alpha value is -1.42. The highest BCUT2D eigenvalue weighted by Gasteiger charge is 2.33. The van der Waals surface area contributed by atoms with Gasteiger partial charge in [0.1, 0.15) is 11.6 Å². The van der Waals surface area contributed by atoms with Crippen molar-refractivity contribution in [2.75, 3.05) is 5.73 Å². The minimum atomic E-state index is -0.171. The summed E-state index contributed by atoms with van der Waals surface area (Å²) in [7, 11) is 0. The molecule has 0 atom stereocenters. The first-order valence-corrected chi connectivity index (χ1v) is 7.27. The number of hydrogen-bond donors (Lipinski definition) is 1. The van der Waals surface area contributed by atoms with Crippen molar-refractivity contribution in [2.45, 2.75) is 32.1 Å². The zero-order valence-electron chi connectivity index (χ0n) is 11.2. The Morgan fingerprint density at radius 3 is 2.32 bits per heavy atom. The fourth-order valence-electron chi connectivity index (χ4n) is 2.47. The van der Waals surface area contributed by atoms with Crippen LogP contribution in [0.1, 0.15) is 38.1 Å². The molecular formula is C15H18BrN3. The number of nitrogens with zero attached hydrogens (tertiary/aromatic N) is 2. The third-order valence-corrected chi connectivity index (χ3v) is 4.34. The molecule has 0 bridgehead atoms. The van der Waals surface area contributed by atoms with E-state index in [4.69, 9.17) is 5.73 Å². The third kappa shape index (κ3) is 2.50. The van der Waals surface area contributed by atoms with Gasteiger partial charge >= 0.3 is 0 Å². The van der Waals surface area contributed by atoms with E-state index in [0.717, 1.165) is 23.1 Å². The van der Waals surface area contributed by atoms with E-state index in [1.165, 1.54) is 5.56 Å². The molecule has 0 aliphatic heterocycles. The van der Waals surface area contributed by atoms with Crippen LogP contribution in [0.25, 0.3) is 0 Å². The highest BCUT2D eigenvalue weighted by molar-refractivity contribution is 9.10. The van der Waals surface area contributed by atoms with E-state index < -0.39 is 0 Å². The molecule has 0 radical (unpaired) electrons. The van der Waals surface area contributed by atoms with Gasteiger partial charge in [0.15, 0.2) is 0 Å². The van der Waals surface area contributed by atoms with Crippen molar-refractivity contribution in [1.29, 1.82) is 0 Å². The second kappa shape index (κ2) is 5.70. The summed E-state index contributed by atoms with van der Waals surface area (Å²) in [5.74, 6) is 1.29. The highest BCUT2D eigenvalue weighted by Crippen LogP contribution is 2.37. The zero-order chi connectivity index (χ0) is 13.9. The lowest BCUT2D eigenvalue weighted by Gasteiger charge is -2.30. The van der Waals surface area contributed by atoms with Crippen LogP contribution in [0.3, 0.4) is 0 Å². The quantitative estimate of drug-likeness (QED) is 0.929. The maximum absolute atomic E-state index is 5.91. The number of aromatic nitrogens is 2. The SMILES string of the molecule is CCC(CC)(c1ccccc1)c1ncc(Br)c(N)n1. The monoisotopic (exact) mass is 319 g/mol. The van der Waals surface area contributed by atoms with Crippen molar-refractivity contribution < 1.29 is 0 Å². The molecule has 0 unspecified atom stereocenters. The van der Waals surface area contributed by atoms with Crippen LogP contribution in [-0.2, 0) is 5.41 Å². The smallest absolute Gasteiger partial charge is 0.141 e. The van der Waals surface area contributed by atoms with Gasteiger partial charge in [-0.1, -0.05) is 44.2 Å². The Kier molecular flexibility index (Phi) is 4.20. The van der Waals surface area contributed by atoms with E-state index in [-0.39, 0.29) is 5.41 Å². The number of nitrogens with two attached hydrogens (primary N) is 1. The van der Waals surface area contributed by atoms with Gasteiger partial charge in [0.2, 0.25) is 0 Å². The molecule has 19 heavy (non-hydrogen) atoms. The van der Waals surface area contributed by atoms with Crippen molar-refractivity contribution in [1.82, 2.24) is 9.97 Å². The van der Waals surface area contributed by atoms with E-state index >= 15 is 0 Å². The Bertz CT molecular complexity index is 551. The molecule has 1 aromatic heterocycles. The summed E-state index contributed by atoms with van der Waals surface area (Å²) >= 11 is 3.35. The van der Waals surface area contributed by atoms with Crippen molar-refractivity contribution in [2.24, 2.45) is 0 Å². The predicted molar refractivity (Wildman–Crippen MR) is 81.9 cm³/mol. The molecule has 3 nitrogen and oxygen atoms in total. The van der Waals surface area contributed by atoms with Crippen LogP contribution in [0.2, 0.25) is 0 Å². The van der Waals surface area contributed by atoms with Crippen molar-refractivity contribution in [3.63, 3.8) is 0 Å². The molecule has 100 valence electrons. The van der Waals surface area contributed by atoms with Gasteiger partial charge in [-0.2, -0.15) is 0 Å².